The lowest BCUT2D eigenvalue weighted by Gasteiger charge is -2.17. The molecule has 0 saturated heterocycles. The molecule has 3 unspecified atom stereocenters. The van der Waals surface area contributed by atoms with E-state index >= 15 is 0 Å². The Morgan fingerprint density at radius 2 is 2.11 bits per heavy atom. The highest BCUT2D eigenvalue weighted by Gasteiger charge is 2.39. The molecule has 0 radical (unpaired) electrons. The number of aliphatic hydroxyl groups excluding tert-OH is 1. The number of rotatable bonds is 4. The van der Waals surface area contributed by atoms with Gasteiger partial charge in [0.15, 0.2) is 0 Å². The zero-order chi connectivity index (χ0) is 13.2. The van der Waals surface area contributed by atoms with Crippen LogP contribution in [0.3, 0.4) is 0 Å². The molecule has 3 atom stereocenters. The monoisotopic (exact) mass is 257 g/mol. The van der Waals surface area contributed by atoms with Crippen molar-refractivity contribution in [3.8, 4) is 0 Å². The van der Waals surface area contributed by atoms with Gasteiger partial charge in [-0.15, -0.1) is 0 Å². The van der Waals surface area contributed by atoms with E-state index in [1.54, 1.807) is 0 Å². The van der Waals surface area contributed by atoms with E-state index in [-0.39, 0.29) is 18.4 Å². The van der Waals surface area contributed by atoms with Crippen molar-refractivity contribution >= 4 is 5.91 Å². The second kappa shape index (κ2) is 5.17. The van der Waals surface area contributed by atoms with Crippen LogP contribution in [0.4, 0.5) is 0 Å². The van der Waals surface area contributed by atoms with Crippen LogP contribution in [-0.4, -0.2) is 11.0 Å². The van der Waals surface area contributed by atoms with Gasteiger partial charge >= 0.3 is 0 Å². The molecule has 1 amide bonds. The van der Waals surface area contributed by atoms with Crippen molar-refractivity contribution < 1.29 is 9.90 Å². The molecule has 1 fully saturated rings. The van der Waals surface area contributed by atoms with Crippen molar-refractivity contribution in [2.75, 3.05) is 0 Å². The first-order chi connectivity index (χ1) is 9.26. The van der Waals surface area contributed by atoms with E-state index in [0.29, 0.717) is 18.4 Å². The number of nitrogens with one attached hydrogen (secondary N) is 1. The lowest BCUT2D eigenvalue weighted by molar-refractivity contribution is -0.125. The Balaban J connectivity index is 1.57. The summed E-state index contributed by atoms with van der Waals surface area (Å²) in [4.78, 5) is 12.2. The molecule has 3 rings (SSSR count). The van der Waals surface area contributed by atoms with E-state index < -0.39 is 0 Å². The first-order valence-electron chi connectivity index (χ1n) is 6.91. The van der Waals surface area contributed by atoms with Gasteiger partial charge in [0, 0.05) is 12.5 Å². The fourth-order valence-corrected chi connectivity index (χ4v) is 3.24. The quantitative estimate of drug-likeness (QED) is 0.811. The van der Waals surface area contributed by atoms with E-state index in [1.165, 1.54) is 0 Å². The minimum absolute atomic E-state index is 0.0406. The number of carbonyl (C=O) groups is 1. The number of hydrogen-bond donors (Lipinski definition) is 2. The lowest BCUT2D eigenvalue weighted by atomic mass is 9.93. The molecule has 2 bridgehead atoms. The van der Waals surface area contributed by atoms with Crippen LogP contribution in [0.5, 0.6) is 0 Å². The van der Waals surface area contributed by atoms with Crippen molar-refractivity contribution in [2.24, 2.45) is 17.8 Å². The Bertz CT molecular complexity index is 509. The number of allylic oxidation sites excluding steroid dienone is 2. The fourth-order valence-electron chi connectivity index (χ4n) is 3.24. The van der Waals surface area contributed by atoms with Gasteiger partial charge in [-0.25, -0.2) is 0 Å². The molecular weight excluding hydrogens is 238 g/mol. The predicted molar refractivity (Wildman–Crippen MR) is 73.1 cm³/mol. The molecule has 3 heteroatoms. The van der Waals surface area contributed by atoms with Gasteiger partial charge in [0.1, 0.15) is 0 Å². The summed E-state index contributed by atoms with van der Waals surface area (Å²) in [5, 5.41) is 12.1. The Hall–Kier alpha value is -1.61. The Labute approximate surface area is 113 Å². The number of benzene rings is 1. The topological polar surface area (TPSA) is 49.3 Å². The summed E-state index contributed by atoms with van der Waals surface area (Å²) in [7, 11) is 0. The van der Waals surface area contributed by atoms with E-state index in [0.717, 1.165) is 24.0 Å². The summed E-state index contributed by atoms with van der Waals surface area (Å²) < 4.78 is 0. The molecule has 19 heavy (non-hydrogen) atoms. The molecule has 0 heterocycles. The molecule has 2 aliphatic rings. The third kappa shape index (κ3) is 2.56. The van der Waals surface area contributed by atoms with Crippen molar-refractivity contribution in [3.63, 3.8) is 0 Å². The van der Waals surface area contributed by atoms with Crippen LogP contribution in [0, 0.1) is 17.8 Å². The molecule has 1 aromatic rings. The maximum atomic E-state index is 12.2. The Kier molecular flexibility index (Phi) is 3.38. The zero-order valence-corrected chi connectivity index (χ0v) is 10.9. The van der Waals surface area contributed by atoms with Gasteiger partial charge in [0.25, 0.3) is 0 Å². The molecule has 0 aliphatic heterocycles. The summed E-state index contributed by atoms with van der Waals surface area (Å²) in [5.41, 5.74) is 1.92. The maximum Gasteiger partial charge on any atom is 0.223 e. The second-order valence-electron chi connectivity index (χ2n) is 5.58. The summed E-state index contributed by atoms with van der Waals surface area (Å²) in [6.07, 6.45) is 6.60. The van der Waals surface area contributed by atoms with Crippen molar-refractivity contribution in [2.45, 2.75) is 26.0 Å². The average molecular weight is 257 g/mol. The minimum Gasteiger partial charge on any atom is -0.392 e. The molecule has 2 aliphatic carbocycles. The van der Waals surface area contributed by atoms with Crippen LogP contribution in [0.25, 0.3) is 0 Å². The molecule has 0 spiro atoms. The van der Waals surface area contributed by atoms with Crippen LogP contribution in [0.2, 0.25) is 0 Å². The first-order valence-corrected chi connectivity index (χ1v) is 6.91. The van der Waals surface area contributed by atoms with Crippen molar-refractivity contribution in [1.82, 2.24) is 5.32 Å². The molecule has 1 saturated carbocycles. The van der Waals surface area contributed by atoms with Crippen LogP contribution < -0.4 is 5.32 Å². The fraction of sp³-hybridized carbons (Fsp3) is 0.438. The first kappa shape index (κ1) is 12.4. The minimum atomic E-state index is 0.0406. The van der Waals surface area contributed by atoms with Gasteiger partial charge in [-0.1, -0.05) is 36.4 Å². The summed E-state index contributed by atoms with van der Waals surface area (Å²) >= 11 is 0. The van der Waals surface area contributed by atoms with E-state index in [9.17, 15) is 4.79 Å². The highest BCUT2D eigenvalue weighted by Crippen LogP contribution is 2.43. The van der Waals surface area contributed by atoms with Gasteiger partial charge in [-0.05, 0) is 35.8 Å². The second-order valence-corrected chi connectivity index (χ2v) is 5.58. The highest BCUT2D eigenvalue weighted by atomic mass is 16.3. The SMILES string of the molecule is O=C(NCc1cccc(CO)c1)C1CC2C=CC1C2. The maximum absolute atomic E-state index is 12.2. The molecule has 0 aromatic heterocycles. The number of hydrogen-bond acceptors (Lipinski definition) is 2. The van der Waals surface area contributed by atoms with Gasteiger partial charge in [-0.3, -0.25) is 4.79 Å². The summed E-state index contributed by atoms with van der Waals surface area (Å²) in [6.45, 7) is 0.587. The summed E-state index contributed by atoms with van der Waals surface area (Å²) in [6, 6.07) is 7.69. The molecule has 2 N–H and O–H groups in total. The smallest absolute Gasteiger partial charge is 0.223 e. The summed E-state index contributed by atoms with van der Waals surface area (Å²) in [5.74, 6) is 1.41. The van der Waals surface area contributed by atoms with Crippen LogP contribution >= 0.6 is 0 Å². The van der Waals surface area contributed by atoms with E-state index in [1.807, 2.05) is 24.3 Å². The third-order valence-electron chi connectivity index (χ3n) is 4.26. The average Bonchev–Trinajstić information content (AvgIpc) is 3.07. The Morgan fingerprint density at radius 3 is 2.79 bits per heavy atom. The number of carbonyl (C=O) groups excluding carboxylic acids is 1. The van der Waals surface area contributed by atoms with Crippen molar-refractivity contribution in [1.29, 1.82) is 0 Å². The van der Waals surface area contributed by atoms with Crippen LogP contribution in [0.15, 0.2) is 36.4 Å². The number of fused-ring (bicyclic) bond motifs is 2. The zero-order valence-electron chi connectivity index (χ0n) is 10.9. The molecule has 3 nitrogen and oxygen atoms in total. The van der Waals surface area contributed by atoms with E-state index in [4.69, 9.17) is 5.11 Å². The third-order valence-corrected chi connectivity index (χ3v) is 4.26. The number of amides is 1. The van der Waals surface area contributed by atoms with Gasteiger partial charge in [0.2, 0.25) is 5.91 Å². The standard InChI is InChI=1S/C16H19NO2/c18-10-13-3-1-2-12(6-13)9-17-16(19)15-8-11-4-5-14(15)7-11/h1-6,11,14-15,18H,7-10H2,(H,17,19). The Morgan fingerprint density at radius 1 is 1.26 bits per heavy atom. The van der Waals surface area contributed by atoms with Crippen LogP contribution in [0.1, 0.15) is 24.0 Å². The van der Waals surface area contributed by atoms with Crippen molar-refractivity contribution in [3.05, 3.63) is 47.5 Å². The van der Waals surface area contributed by atoms with Gasteiger partial charge in [0.05, 0.1) is 6.61 Å². The van der Waals surface area contributed by atoms with E-state index in [2.05, 4.69) is 17.5 Å². The molecule has 1 aromatic carbocycles. The van der Waals surface area contributed by atoms with Gasteiger partial charge < -0.3 is 10.4 Å². The van der Waals surface area contributed by atoms with Gasteiger partial charge in [-0.2, -0.15) is 0 Å². The highest BCUT2D eigenvalue weighted by molar-refractivity contribution is 5.80. The molecular formula is C16H19NO2. The number of aliphatic hydroxyl groups is 1. The normalized spacial score (nSPS) is 27.7. The largest absolute Gasteiger partial charge is 0.392 e. The lowest BCUT2D eigenvalue weighted by Crippen LogP contribution is -2.32. The molecule has 100 valence electrons. The predicted octanol–water partition coefficient (Wildman–Crippen LogP) is 2.01. The van der Waals surface area contributed by atoms with Crippen LogP contribution in [-0.2, 0) is 17.9 Å².